The molecule has 1 heterocycles. The molecule has 1 aliphatic carbocycles. The molecule has 2 aliphatic rings. The molecule has 0 radical (unpaired) electrons. The van der Waals surface area contributed by atoms with Crippen LogP contribution in [-0.4, -0.2) is 53.4 Å². The number of benzene rings is 1. The van der Waals surface area contributed by atoms with Gasteiger partial charge in [-0.3, -0.25) is 4.79 Å². The maximum Gasteiger partial charge on any atom is 0.410 e. The van der Waals surface area contributed by atoms with Crippen molar-refractivity contribution in [1.29, 1.82) is 0 Å². The third-order valence-electron chi connectivity index (χ3n) is 4.64. The Bertz CT molecular complexity index is 577. The molecular weight excluding hydrogens is 328 g/mol. The fourth-order valence-electron chi connectivity index (χ4n) is 3.13. The monoisotopic (exact) mass is 350 g/mol. The van der Waals surface area contributed by atoms with Crippen molar-refractivity contribution in [2.75, 3.05) is 25.5 Å². The van der Waals surface area contributed by atoms with Gasteiger partial charge in [0.05, 0.1) is 0 Å². The molecule has 5 nitrogen and oxygen atoms in total. The highest BCUT2D eigenvalue weighted by atomic mass is 35.5. The number of hydrogen-bond acceptors (Lipinski definition) is 3. The number of carbonyl (C=O) groups is 2. The summed E-state index contributed by atoms with van der Waals surface area (Å²) < 4.78 is 5.48. The molecule has 2 amide bonds. The molecule has 1 aromatic carbocycles. The molecule has 6 heteroatoms. The zero-order valence-electron chi connectivity index (χ0n) is 13.7. The Kier molecular flexibility index (Phi) is 5.61. The summed E-state index contributed by atoms with van der Waals surface area (Å²) in [5.74, 6) is 0.309. The van der Waals surface area contributed by atoms with Crippen LogP contribution < -0.4 is 0 Å². The fraction of sp³-hybridized carbons (Fsp3) is 0.556. The van der Waals surface area contributed by atoms with Crippen molar-refractivity contribution in [2.24, 2.45) is 5.92 Å². The second-order valence-electron chi connectivity index (χ2n) is 6.55. The summed E-state index contributed by atoms with van der Waals surface area (Å²) in [6, 6.07) is 10.00. The topological polar surface area (TPSA) is 49.9 Å². The molecule has 24 heavy (non-hydrogen) atoms. The van der Waals surface area contributed by atoms with E-state index < -0.39 is 0 Å². The average molecular weight is 351 g/mol. The lowest BCUT2D eigenvalue weighted by atomic mass is 10.1. The fourth-order valence-corrected chi connectivity index (χ4v) is 3.30. The van der Waals surface area contributed by atoms with Gasteiger partial charge in [0, 0.05) is 25.7 Å². The molecule has 130 valence electrons. The van der Waals surface area contributed by atoms with Gasteiger partial charge < -0.3 is 14.5 Å². The van der Waals surface area contributed by atoms with Crippen LogP contribution in [0.3, 0.4) is 0 Å². The SMILES string of the molecule is O=C(CCl)N1CC[C@H](CN(C(=O)OCc2ccccc2)C2CC2)C1. The van der Waals surface area contributed by atoms with Crippen LogP contribution in [0.4, 0.5) is 4.79 Å². The maximum atomic E-state index is 12.5. The summed E-state index contributed by atoms with van der Waals surface area (Å²) >= 11 is 5.62. The molecular formula is C18H23ClN2O3. The summed E-state index contributed by atoms with van der Waals surface area (Å²) in [4.78, 5) is 27.8. The van der Waals surface area contributed by atoms with E-state index in [1.54, 1.807) is 4.90 Å². The number of ether oxygens (including phenoxy) is 1. The maximum absolute atomic E-state index is 12.5. The summed E-state index contributed by atoms with van der Waals surface area (Å²) in [5.41, 5.74) is 0.987. The molecule has 0 aromatic heterocycles. The van der Waals surface area contributed by atoms with Gasteiger partial charge in [0.2, 0.25) is 5.91 Å². The van der Waals surface area contributed by atoms with Crippen LogP contribution in [-0.2, 0) is 16.1 Å². The average Bonchev–Trinajstić information content (AvgIpc) is 3.35. The van der Waals surface area contributed by atoms with Crippen molar-refractivity contribution >= 4 is 23.6 Å². The lowest BCUT2D eigenvalue weighted by molar-refractivity contribution is -0.127. The number of rotatable bonds is 6. The van der Waals surface area contributed by atoms with Crippen LogP contribution in [0.25, 0.3) is 0 Å². The Morgan fingerprint density at radius 1 is 1.21 bits per heavy atom. The van der Waals surface area contributed by atoms with Crippen LogP contribution in [0.2, 0.25) is 0 Å². The molecule has 1 aliphatic heterocycles. The van der Waals surface area contributed by atoms with Crippen molar-refractivity contribution in [3.05, 3.63) is 35.9 Å². The van der Waals surface area contributed by atoms with Crippen molar-refractivity contribution in [3.8, 4) is 0 Å². The van der Waals surface area contributed by atoms with E-state index in [9.17, 15) is 9.59 Å². The van der Waals surface area contributed by atoms with Gasteiger partial charge in [-0.15, -0.1) is 11.6 Å². The van der Waals surface area contributed by atoms with E-state index in [4.69, 9.17) is 16.3 Å². The molecule has 2 fully saturated rings. The quantitative estimate of drug-likeness (QED) is 0.741. The molecule has 1 saturated heterocycles. The Morgan fingerprint density at radius 2 is 1.96 bits per heavy atom. The van der Waals surface area contributed by atoms with Crippen LogP contribution in [0, 0.1) is 5.92 Å². The normalized spacial score (nSPS) is 20.0. The van der Waals surface area contributed by atoms with Gasteiger partial charge in [-0.25, -0.2) is 4.79 Å². The largest absolute Gasteiger partial charge is 0.445 e. The third kappa shape index (κ3) is 4.41. The number of likely N-dealkylation sites (tertiary alicyclic amines) is 1. The Labute approximate surface area is 147 Å². The van der Waals surface area contributed by atoms with Gasteiger partial charge >= 0.3 is 6.09 Å². The Balaban J connectivity index is 1.51. The highest BCUT2D eigenvalue weighted by Crippen LogP contribution is 2.30. The minimum atomic E-state index is -0.247. The van der Waals surface area contributed by atoms with E-state index in [0.29, 0.717) is 31.7 Å². The minimum Gasteiger partial charge on any atom is -0.445 e. The summed E-state index contributed by atoms with van der Waals surface area (Å²) in [7, 11) is 0. The van der Waals surface area contributed by atoms with E-state index in [1.165, 1.54) is 0 Å². The lowest BCUT2D eigenvalue weighted by Gasteiger charge is -2.25. The highest BCUT2D eigenvalue weighted by Gasteiger charge is 2.37. The predicted molar refractivity (Wildman–Crippen MR) is 91.8 cm³/mol. The van der Waals surface area contributed by atoms with Crippen molar-refractivity contribution in [3.63, 3.8) is 0 Å². The van der Waals surface area contributed by atoms with E-state index in [-0.39, 0.29) is 17.9 Å². The Morgan fingerprint density at radius 3 is 2.62 bits per heavy atom. The number of carbonyl (C=O) groups excluding carboxylic acids is 2. The minimum absolute atomic E-state index is 0.0243. The standard InChI is InChI=1S/C18H23ClN2O3/c19-10-17(22)20-9-8-15(11-20)12-21(16-6-7-16)18(23)24-13-14-4-2-1-3-5-14/h1-5,15-16H,6-13H2/t15-/m0/s1. The first-order valence-electron chi connectivity index (χ1n) is 8.48. The molecule has 3 rings (SSSR count). The second kappa shape index (κ2) is 7.88. The van der Waals surface area contributed by atoms with Gasteiger partial charge in [-0.2, -0.15) is 0 Å². The first-order chi connectivity index (χ1) is 11.7. The van der Waals surface area contributed by atoms with Crippen molar-refractivity contribution in [1.82, 2.24) is 9.80 Å². The first kappa shape index (κ1) is 17.1. The summed E-state index contributed by atoms with van der Waals surface area (Å²) in [5, 5.41) is 0. The van der Waals surface area contributed by atoms with Gasteiger partial charge in [0.25, 0.3) is 0 Å². The molecule has 0 N–H and O–H groups in total. The predicted octanol–water partition coefficient (Wildman–Crippen LogP) is 2.87. The second-order valence-corrected chi connectivity index (χ2v) is 6.82. The number of nitrogens with zero attached hydrogens (tertiary/aromatic N) is 2. The van der Waals surface area contributed by atoms with Crippen LogP contribution >= 0.6 is 11.6 Å². The number of alkyl halides is 1. The summed E-state index contributed by atoms with van der Waals surface area (Å²) in [6.07, 6.45) is 2.75. The highest BCUT2D eigenvalue weighted by molar-refractivity contribution is 6.27. The van der Waals surface area contributed by atoms with E-state index in [2.05, 4.69) is 0 Å². The van der Waals surface area contributed by atoms with E-state index in [1.807, 2.05) is 35.2 Å². The van der Waals surface area contributed by atoms with Crippen molar-refractivity contribution < 1.29 is 14.3 Å². The molecule has 0 bridgehead atoms. The van der Waals surface area contributed by atoms with Gasteiger partial charge in [-0.1, -0.05) is 30.3 Å². The zero-order valence-corrected chi connectivity index (χ0v) is 14.5. The van der Waals surface area contributed by atoms with Crippen LogP contribution in [0.1, 0.15) is 24.8 Å². The number of amides is 2. The first-order valence-corrected chi connectivity index (χ1v) is 9.02. The van der Waals surface area contributed by atoms with E-state index in [0.717, 1.165) is 31.4 Å². The van der Waals surface area contributed by atoms with Gasteiger partial charge in [-0.05, 0) is 30.7 Å². The smallest absolute Gasteiger partial charge is 0.410 e. The third-order valence-corrected chi connectivity index (χ3v) is 4.86. The molecule has 1 atom stereocenters. The number of halogens is 1. The molecule has 1 saturated carbocycles. The molecule has 0 spiro atoms. The van der Waals surface area contributed by atoms with Gasteiger partial charge in [0.15, 0.2) is 0 Å². The van der Waals surface area contributed by atoms with Gasteiger partial charge in [0.1, 0.15) is 12.5 Å². The van der Waals surface area contributed by atoms with Crippen LogP contribution in [0.5, 0.6) is 0 Å². The van der Waals surface area contributed by atoms with Crippen molar-refractivity contribution in [2.45, 2.75) is 31.9 Å². The van der Waals surface area contributed by atoms with Crippen LogP contribution in [0.15, 0.2) is 30.3 Å². The molecule has 1 aromatic rings. The summed E-state index contributed by atoms with van der Waals surface area (Å²) in [6.45, 7) is 2.36. The number of hydrogen-bond donors (Lipinski definition) is 0. The zero-order chi connectivity index (χ0) is 16.9. The Hall–Kier alpha value is -1.75. The van der Waals surface area contributed by atoms with E-state index >= 15 is 0 Å². The lowest BCUT2D eigenvalue weighted by Crippen LogP contribution is -2.39. The molecule has 0 unspecified atom stereocenters.